The van der Waals surface area contributed by atoms with Crippen LogP contribution in [0.1, 0.15) is 30.5 Å². The highest BCUT2D eigenvalue weighted by Gasteiger charge is 2.25. The number of carboxylic acid groups (broad SMARTS) is 1. The molecule has 28 heavy (non-hydrogen) atoms. The van der Waals surface area contributed by atoms with Crippen LogP contribution in [0.2, 0.25) is 0 Å². The summed E-state index contributed by atoms with van der Waals surface area (Å²) in [6.07, 6.45) is -0.335. The van der Waals surface area contributed by atoms with Crippen LogP contribution in [0.25, 0.3) is 0 Å². The van der Waals surface area contributed by atoms with E-state index in [-0.39, 0.29) is 12.0 Å². The van der Waals surface area contributed by atoms with Crippen molar-refractivity contribution in [2.45, 2.75) is 31.8 Å². The molecule has 2 amide bonds. The van der Waals surface area contributed by atoms with Crippen molar-refractivity contribution >= 4 is 17.8 Å². The number of rotatable bonds is 8. The normalized spacial score (nSPS) is 12.7. The Bertz CT molecular complexity index is 859. The number of amides is 2. The average Bonchev–Trinajstić information content (AvgIpc) is 2.61. The van der Waals surface area contributed by atoms with Crippen LogP contribution in [0, 0.1) is 11.6 Å². The van der Waals surface area contributed by atoms with Crippen molar-refractivity contribution in [3.63, 3.8) is 0 Å². The van der Waals surface area contributed by atoms with E-state index in [1.807, 2.05) is 0 Å². The van der Waals surface area contributed by atoms with E-state index in [0.29, 0.717) is 6.07 Å². The lowest BCUT2D eigenvalue weighted by Gasteiger charge is -2.20. The summed E-state index contributed by atoms with van der Waals surface area (Å²) < 4.78 is 27.2. The van der Waals surface area contributed by atoms with Crippen LogP contribution >= 0.6 is 0 Å². The zero-order valence-electron chi connectivity index (χ0n) is 15.1. The molecule has 0 radical (unpaired) electrons. The SMILES string of the molecule is CC(=O)NC(CC(=O)N[C@@H](Cc1ccccc1)C(=O)O)c1ccc(F)cc1F. The summed E-state index contributed by atoms with van der Waals surface area (Å²) in [6, 6.07) is 9.30. The minimum atomic E-state index is -1.22. The Labute approximate surface area is 160 Å². The van der Waals surface area contributed by atoms with Crippen LogP contribution in [0.4, 0.5) is 8.78 Å². The van der Waals surface area contributed by atoms with E-state index >= 15 is 0 Å². The molecule has 0 saturated carbocycles. The number of hydrogen-bond acceptors (Lipinski definition) is 3. The highest BCUT2D eigenvalue weighted by molar-refractivity contribution is 5.84. The Kier molecular flexibility index (Phi) is 7.20. The van der Waals surface area contributed by atoms with Crippen molar-refractivity contribution in [2.24, 2.45) is 0 Å². The van der Waals surface area contributed by atoms with E-state index in [1.165, 1.54) is 6.92 Å². The van der Waals surface area contributed by atoms with Crippen molar-refractivity contribution in [1.82, 2.24) is 10.6 Å². The van der Waals surface area contributed by atoms with Crippen molar-refractivity contribution in [3.8, 4) is 0 Å². The lowest BCUT2D eigenvalue weighted by molar-refractivity contribution is -0.142. The summed E-state index contributed by atoms with van der Waals surface area (Å²) in [5, 5.41) is 14.2. The molecule has 8 heteroatoms. The Morgan fingerprint density at radius 2 is 1.71 bits per heavy atom. The fourth-order valence-corrected chi connectivity index (χ4v) is 2.76. The van der Waals surface area contributed by atoms with Gasteiger partial charge in [-0.05, 0) is 11.6 Å². The average molecular weight is 390 g/mol. The molecule has 0 spiro atoms. The fourth-order valence-electron chi connectivity index (χ4n) is 2.76. The first-order chi connectivity index (χ1) is 13.3. The third kappa shape index (κ3) is 6.15. The number of carbonyl (C=O) groups is 3. The summed E-state index contributed by atoms with van der Waals surface area (Å²) in [5.74, 6) is -4.13. The maximum absolute atomic E-state index is 14.1. The first-order valence-corrected chi connectivity index (χ1v) is 8.54. The minimum absolute atomic E-state index is 0.0671. The summed E-state index contributed by atoms with van der Waals surface area (Å²) in [6.45, 7) is 1.20. The fraction of sp³-hybridized carbons (Fsp3) is 0.250. The van der Waals surface area contributed by atoms with Gasteiger partial charge in [0.2, 0.25) is 11.8 Å². The Morgan fingerprint density at radius 1 is 1.04 bits per heavy atom. The second-order valence-electron chi connectivity index (χ2n) is 6.27. The zero-order valence-corrected chi connectivity index (χ0v) is 15.1. The second kappa shape index (κ2) is 9.59. The highest BCUT2D eigenvalue weighted by Crippen LogP contribution is 2.21. The third-order valence-electron chi connectivity index (χ3n) is 4.02. The van der Waals surface area contributed by atoms with Crippen LogP contribution in [-0.4, -0.2) is 28.9 Å². The Morgan fingerprint density at radius 3 is 2.29 bits per heavy atom. The largest absolute Gasteiger partial charge is 0.480 e. The van der Waals surface area contributed by atoms with E-state index in [4.69, 9.17) is 0 Å². The van der Waals surface area contributed by atoms with E-state index in [9.17, 15) is 28.3 Å². The van der Waals surface area contributed by atoms with Gasteiger partial charge in [-0.1, -0.05) is 36.4 Å². The van der Waals surface area contributed by atoms with E-state index in [0.717, 1.165) is 17.7 Å². The van der Waals surface area contributed by atoms with Crippen LogP contribution in [0.15, 0.2) is 48.5 Å². The number of carboxylic acids is 1. The molecule has 0 fully saturated rings. The van der Waals surface area contributed by atoms with Crippen LogP contribution < -0.4 is 10.6 Å². The van der Waals surface area contributed by atoms with Gasteiger partial charge in [0, 0.05) is 25.0 Å². The van der Waals surface area contributed by atoms with Crippen LogP contribution in [0.5, 0.6) is 0 Å². The summed E-state index contributed by atoms with van der Waals surface area (Å²) in [5.41, 5.74) is 0.653. The summed E-state index contributed by atoms with van der Waals surface area (Å²) in [4.78, 5) is 35.3. The molecule has 0 heterocycles. The molecule has 148 valence electrons. The molecule has 0 aliphatic heterocycles. The smallest absolute Gasteiger partial charge is 0.326 e. The first-order valence-electron chi connectivity index (χ1n) is 8.54. The summed E-state index contributed by atoms with van der Waals surface area (Å²) >= 11 is 0. The number of benzene rings is 2. The Hall–Kier alpha value is -3.29. The minimum Gasteiger partial charge on any atom is -0.480 e. The number of carbonyl (C=O) groups excluding carboxylic acids is 2. The molecule has 0 bridgehead atoms. The number of halogens is 2. The van der Waals surface area contributed by atoms with Gasteiger partial charge >= 0.3 is 5.97 Å². The van der Waals surface area contributed by atoms with Gasteiger partial charge in [-0.2, -0.15) is 0 Å². The molecule has 6 nitrogen and oxygen atoms in total. The lowest BCUT2D eigenvalue weighted by atomic mass is 10.0. The number of hydrogen-bond donors (Lipinski definition) is 3. The molecule has 2 aromatic carbocycles. The van der Waals surface area contributed by atoms with Gasteiger partial charge in [0.05, 0.1) is 12.5 Å². The standard InChI is InChI=1S/C20H20F2N2O4/c1-12(25)23-17(15-8-7-14(21)10-16(15)22)11-19(26)24-18(20(27)28)9-13-5-3-2-4-6-13/h2-8,10,17-18H,9,11H2,1H3,(H,23,25)(H,24,26)(H,27,28)/t17?,18-/m0/s1. The van der Waals surface area contributed by atoms with Crippen LogP contribution in [0.3, 0.4) is 0 Å². The molecule has 0 aromatic heterocycles. The maximum Gasteiger partial charge on any atom is 0.326 e. The van der Waals surface area contributed by atoms with Gasteiger partial charge in [0.15, 0.2) is 0 Å². The van der Waals surface area contributed by atoms with Crippen molar-refractivity contribution in [2.75, 3.05) is 0 Å². The van der Waals surface area contributed by atoms with Gasteiger partial charge in [-0.25, -0.2) is 13.6 Å². The topological polar surface area (TPSA) is 95.5 Å². The predicted molar refractivity (Wildman–Crippen MR) is 97.2 cm³/mol. The van der Waals surface area contributed by atoms with Gasteiger partial charge in [-0.3, -0.25) is 9.59 Å². The molecule has 0 saturated heterocycles. The van der Waals surface area contributed by atoms with Gasteiger partial charge in [0.1, 0.15) is 17.7 Å². The predicted octanol–water partition coefficient (Wildman–Crippen LogP) is 2.34. The monoisotopic (exact) mass is 390 g/mol. The van der Waals surface area contributed by atoms with Gasteiger partial charge in [-0.15, -0.1) is 0 Å². The summed E-state index contributed by atoms with van der Waals surface area (Å²) in [7, 11) is 0. The molecule has 2 atom stereocenters. The van der Waals surface area contributed by atoms with Gasteiger partial charge in [0.25, 0.3) is 0 Å². The molecular formula is C20H20F2N2O4. The number of aliphatic carboxylic acids is 1. The van der Waals surface area contributed by atoms with Crippen molar-refractivity contribution in [3.05, 3.63) is 71.3 Å². The van der Waals surface area contributed by atoms with E-state index in [1.54, 1.807) is 30.3 Å². The molecule has 0 aliphatic carbocycles. The maximum atomic E-state index is 14.1. The Balaban J connectivity index is 2.12. The van der Waals surface area contributed by atoms with Crippen LogP contribution in [-0.2, 0) is 20.8 Å². The molecular weight excluding hydrogens is 370 g/mol. The first kappa shape index (κ1) is 21.0. The van der Waals surface area contributed by atoms with E-state index < -0.39 is 47.9 Å². The molecule has 3 N–H and O–H groups in total. The quantitative estimate of drug-likeness (QED) is 0.645. The molecule has 2 rings (SSSR count). The molecule has 1 unspecified atom stereocenters. The molecule has 0 aliphatic rings. The second-order valence-corrected chi connectivity index (χ2v) is 6.27. The van der Waals surface area contributed by atoms with Crippen molar-refractivity contribution < 1.29 is 28.3 Å². The highest BCUT2D eigenvalue weighted by atomic mass is 19.1. The third-order valence-corrected chi connectivity index (χ3v) is 4.02. The number of nitrogens with one attached hydrogen (secondary N) is 2. The van der Waals surface area contributed by atoms with Gasteiger partial charge < -0.3 is 15.7 Å². The van der Waals surface area contributed by atoms with Crippen molar-refractivity contribution in [1.29, 1.82) is 0 Å². The lowest BCUT2D eigenvalue weighted by Crippen LogP contribution is -2.43. The van der Waals surface area contributed by atoms with E-state index in [2.05, 4.69) is 10.6 Å². The molecule has 2 aromatic rings. The zero-order chi connectivity index (χ0) is 20.7.